The lowest BCUT2D eigenvalue weighted by atomic mass is 10.1. The standard InChI is InChI=1S/C15H19N3O3/c1-9(2)10(3)16-13(19)8-18-15(21)12-7-5-4-6-11(12)14(20)17-18/h4-7,9-10H,8H2,1-3H3,(H,16,19)(H,17,20)/t10-/m1/s1. The van der Waals surface area contributed by atoms with Crippen molar-refractivity contribution in [2.45, 2.75) is 33.4 Å². The Bertz CT molecular complexity index is 774. The number of nitrogens with zero attached hydrogens (tertiary/aromatic N) is 1. The first-order chi connectivity index (χ1) is 9.90. The monoisotopic (exact) mass is 289 g/mol. The van der Waals surface area contributed by atoms with Crippen LogP contribution in [0.1, 0.15) is 20.8 Å². The minimum Gasteiger partial charge on any atom is -0.352 e. The predicted octanol–water partition coefficient (Wildman–Crippen LogP) is 0.850. The summed E-state index contributed by atoms with van der Waals surface area (Å²) in [5, 5.41) is 5.88. The normalized spacial score (nSPS) is 12.6. The Morgan fingerprint density at radius 2 is 1.81 bits per heavy atom. The largest absolute Gasteiger partial charge is 0.352 e. The van der Waals surface area contributed by atoms with Crippen molar-refractivity contribution in [2.75, 3.05) is 0 Å². The van der Waals surface area contributed by atoms with Gasteiger partial charge in [0, 0.05) is 6.04 Å². The third-order valence-corrected chi connectivity index (χ3v) is 3.57. The third kappa shape index (κ3) is 3.21. The maximum absolute atomic E-state index is 12.2. The summed E-state index contributed by atoms with van der Waals surface area (Å²) in [4.78, 5) is 36.1. The molecular weight excluding hydrogens is 270 g/mol. The average Bonchev–Trinajstić information content (AvgIpc) is 2.44. The van der Waals surface area contributed by atoms with E-state index in [1.54, 1.807) is 24.3 Å². The van der Waals surface area contributed by atoms with Crippen LogP contribution in [-0.4, -0.2) is 21.7 Å². The number of rotatable bonds is 4. The molecule has 1 heterocycles. The fourth-order valence-electron chi connectivity index (χ4n) is 1.97. The van der Waals surface area contributed by atoms with E-state index in [-0.39, 0.29) is 29.6 Å². The molecule has 2 N–H and O–H groups in total. The summed E-state index contributed by atoms with van der Waals surface area (Å²) in [5.74, 6) is -0.00874. The van der Waals surface area contributed by atoms with Crippen LogP contribution in [0.2, 0.25) is 0 Å². The van der Waals surface area contributed by atoms with Crippen molar-refractivity contribution in [1.82, 2.24) is 15.1 Å². The first kappa shape index (κ1) is 15.0. The Labute approximate surface area is 121 Å². The van der Waals surface area contributed by atoms with E-state index in [0.29, 0.717) is 16.7 Å². The van der Waals surface area contributed by atoms with E-state index in [1.165, 1.54) is 0 Å². The van der Waals surface area contributed by atoms with Crippen molar-refractivity contribution in [1.29, 1.82) is 0 Å². The first-order valence-electron chi connectivity index (χ1n) is 6.91. The summed E-state index contributed by atoms with van der Waals surface area (Å²) in [6.45, 7) is 5.69. The Hall–Kier alpha value is -2.37. The molecule has 1 atom stereocenters. The highest BCUT2D eigenvalue weighted by Gasteiger charge is 2.13. The zero-order valence-corrected chi connectivity index (χ0v) is 12.3. The van der Waals surface area contributed by atoms with Gasteiger partial charge in [0.25, 0.3) is 11.1 Å². The van der Waals surface area contributed by atoms with E-state index in [9.17, 15) is 14.4 Å². The Morgan fingerprint density at radius 3 is 2.43 bits per heavy atom. The van der Waals surface area contributed by atoms with Crippen LogP contribution in [0.5, 0.6) is 0 Å². The average molecular weight is 289 g/mol. The van der Waals surface area contributed by atoms with Crippen molar-refractivity contribution in [3.63, 3.8) is 0 Å². The molecule has 0 saturated carbocycles. The predicted molar refractivity (Wildman–Crippen MR) is 81.3 cm³/mol. The van der Waals surface area contributed by atoms with Gasteiger partial charge in [-0.25, -0.2) is 4.68 Å². The number of hydrogen-bond donors (Lipinski definition) is 2. The highest BCUT2D eigenvalue weighted by molar-refractivity contribution is 5.81. The van der Waals surface area contributed by atoms with Gasteiger partial charge in [-0.3, -0.25) is 19.5 Å². The quantitative estimate of drug-likeness (QED) is 0.875. The molecule has 0 saturated heterocycles. The lowest BCUT2D eigenvalue weighted by molar-refractivity contribution is -0.122. The number of amides is 1. The van der Waals surface area contributed by atoms with Gasteiger partial charge < -0.3 is 5.32 Å². The van der Waals surface area contributed by atoms with Crippen LogP contribution < -0.4 is 16.4 Å². The molecule has 6 nitrogen and oxygen atoms in total. The first-order valence-corrected chi connectivity index (χ1v) is 6.91. The van der Waals surface area contributed by atoms with Crippen molar-refractivity contribution in [3.05, 3.63) is 45.0 Å². The fraction of sp³-hybridized carbons (Fsp3) is 0.400. The number of H-pyrrole nitrogens is 1. The second-order valence-electron chi connectivity index (χ2n) is 5.48. The number of aromatic amines is 1. The van der Waals surface area contributed by atoms with Crippen LogP contribution in [-0.2, 0) is 11.3 Å². The highest BCUT2D eigenvalue weighted by atomic mass is 16.2. The highest BCUT2D eigenvalue weighted by Crippen LogP contribution is 2.02. The molecule has 2 aromatic rings. The van der Waals surface area contributed by atoms with Crippen LogP contribution in [0.3, 0.4) is 0 Å². The van der Waals surface area contributed by atoms with Gasteiger partial charge in [-0.2, -0.15) is 0 Å². The minimum atomic E-state index is -0.380. The molecular formula is C15H19N3O3. The van der Waals surface area contributed by atoms with Gasteiger partial charge in [0.05, 0.1) is 10.8 Å². The van der Waals surface area contributed by atoms with Gasteiger partial charge in [-0.05, 0) is 25.0 Å². The van der Waals surface area contributed by atoms with Gasteiger partial charge in [-0.1, -0.05) is 26.0 Å². The summed E-state index contributed by atoms with van der Waals surface area (Å²) in [6.07, 6.45) is 0. The topological polar surface area (TPSA) is 84.0 Å². The molecule has 0 unspecified atom stereocenters. The maximum Gasteiger partial charge on any atom is 0.273 e. The second-order valence-corrected chi connectivity index (χ2v) is 5.48. The lowest BCUT2D eigenvalue weighted by Gasteiger charge is -2.17. The molecule has 6 heteroatoms. The molecule has 1 aromatic heterocycles. The molecule has 0 aliphatic rings. The third-order valence-electron chi connectivity index (χ3n) is 3.57. The molecule has 112 valence electrons. The van der Waals surface area contributed by atoms with Crippen LogP contribution in [0.25, 0.3) is 10.8 Å². The van der Waals surface area contributed by atoms with E-state index in [1.807, 2.05) is 20.8 Å². The number of carbonyl (C=O) groups excluding carboxylic acids is 1. The molecule has 0 bridgehead atoms. The van der Waals surface area contributed by atoms with E-state index in [4.69, 9.17) is 0 Å². The van der Waals surface area contributed by atoms with Crippen molar-refractivity contribution >= 4 is 16.7 Å². The Kier molecular flexibility index (Phi) is 4.26. The Morgan fingerprint density at radius 1 is 1.19 bits per heavy atom. The SMILES string of the molecule is CC(C)[C@@H](C)NC(=O)Cn1[nH]c(=O)c2ccccc2c1=O. The van der Waals surface area contributed by atoms with E-state index in [2.05, 4.69) is 10.4 Å². The summed E-state index contributed by atoms with van der Waals surface area (Å²) >= 11 is 0. The van der Waals surface area contributed by atoms with Gasteiger partial charge in [0.1, 0.15) is 6.54 Å². The number of hydrogen-bond acceptors (Lipinski definition) is 3. The summed E-state index contributed by atoms with van der Waals surface area (Å²) in [7, 11) is 0. The fourth-order valence-corrected chi connectivity index (χ4v) is 1.97. The van der Waals surface area contributed by atoms with Gasteiger partial charge in [0.15, 0.2) is 0 Å². The zero-order chi connectivity index (χ0) is 15.6. The number of aromatic nitrogens is 2. The molecule has 0 radical (unpaired) electrons. The van der Waals surface area contributed by atoms with Crippen molar-refractivity contribution in [2.24, 2.45) is 5.92 Å². The van der Waals surface area contributed by atoms with Crippen LogP contribution in [0.15, 0.2) is 33.9 Å². The molecule has 0 spiro atoms. The number of fused-ring (bicyclic) bond motifs is 1. The molecule has 2 rings (SSSR count). The summed E-state index contributed by atoms with van der Waals surface area (Å²) in [6, 6.07) is 6.55. The smallest absolute Gasteiger partial charge is 0.273 e. The zero-order valence-electron chi connectivity index (χ0n) is 12.3. The van der Waals surface area contributed by atoms with E-state index >= 15 is 0 Å². The minimum absolute atomic E-state index is 0.000352. The molecule has 0 aliphatic heterocycles. The Balaban J connectivity index is 2.32. The molecule has 0 fully saturated rings. The van der Waals surface area contributed by atoms with Crippen molar-refractivity contribution < 1.29 is 4.79 Å². The van der Waals surface area contributed by atoms with Crippen LogP contribution in [0, 0.1) is 5.92 Å². The molecule has 1 aromatic carbocycles. The maximum atomic E-state index is 12.2. The molecule has 21 heavy (non-hydrogen) atoms. The second kappa shape index (κ2) is 5.95. The lowest BCUT2D eigenvalue weighted by Crippen LogP contribution is -2.41. The van der Waals surface area contributed by atoms with Crippen LogP contribution >= 0.6 is 0 Å². The number of nitrogens with one attached hydrogen (secondary N) is 2. The number of carbonyl (C=O) groups is 1. The van der Waals surface area contributed by atoms with E-state index in [0.717, 1.165) is 4.68 Å². The van der Waals surface area contributed by atoms with Gasteiger partial charge in [0.2, 0.25) is 5.91 Å². The number of benzene rings is 1. The summed E-state index contributed by atoms with van der Waals surface area (Å²) in [5.41, 5.74) is -0.757. The van der Waals surface area contributed by atoms with Gasteiger partial charge in [-0.15, -0.1) is 0 Å². The van der Waals surface area contributed by atoms with E-state index < -0.39 is 0 Å². The van der Waals surface area contributed by atoms with Crippen LogP contribution in [0.4, 0.5) is 0 Å². The molecule has 0 aliphatic carbocycles. The molecule has 1 amide bonds. The van der Waals surface area contributed by atoms with Crippen molar-refractivity contribution in [3.8, 4) is 0 Å². The van der Waals surface area contributed by atoms with Gasteiger partial charge >= 0.3 is 0 Å². The summed E-state index contributed by atoms with van der Waals surface area (Å²) < 4.78 is 1.05.